The van der Waals surface area contributed by atoms with Crippen molar-refractivity contribution in [2.75, 3.05) is 13.7 Å². The molecule has 0 bridgehead atoms. The van der Waals surface area contributed by atoms with Crippen LogP contribution in [0.1, 0.15) is 50.3 Å². The van der Waals surface area contributed by atoms with Crippen LogP contribution in [0.15, 0.2) is 60.7 Å². The lowest BCUT2D eigenvalue weighted by Gasteiger charge is -2.38. The number of rotatable bonds is 7. The van der Waals surface area contributed by atoms with Crippen LogP contribution < -0.4 is 4.74 Å². The third kappa shape index (κ3) is 5.55. The number of amides is 2. The quantitative estimate of drug-likeness (QED) is 0.579. The molecular formula is C26H31FN2O3. The number of methoxy groups -OCH3 is 1. The molecule has 0 aliphatic carbocycles. The molecule has 2 amide bonds. The Hall–Kier alpha value is -3.15. The van der Waals surface area contributed by atoms with Gasteiger partial charge in [-0.1, -0.05) is 49.8 Å². The van der Waals surface area contributed by atoms with Crippen LogP contribution >= 0.6 is 0 Å². The zero-order chi connectivity index (χ0) is 23.1. The second kappa shape index (κ2) is 10.9. The van der Waals surface area contributed by atoms with Crippen LogP contribution in [0.4, 0.5) is 4.39 Å². The van der Waals surface area contributed by atoms with E-state index in [0.717, 1.165) is 29.7 Å². The van der Waals surface area contributed by atoms with Crippen LogP contribution in [0, 0.1) is 5.82 Å². The fourth-order valence-electron chi connectivity index (χ4n) is 3.92. The molecule has 0 spiro atoms. The summed E-state index contributed by atoms with van der Waals surface area (Å²) in [7, 11) is 1.61. The Bertz CT molecular complexity index is 941. The maximum Gasteiger partial charge on any atom is 0.246 e. The fourth-order valence-corrected chi connectivity index (χ4v) is 3.92. The molecule has 32 heavy (non-hydrogen) atoms. The summed E-state index contributed by atoms with van der Waals surface area (Å²) in [6, 6.07) is 12.9. The first-order valence-corrected chi connectivity index (χ1v) is 11.1. The van der Waals surface area contributed by atoms with Gasteiger partial charge in [0.2, 0.25) is 11.8 Å². The van der Waals surface area contributed by atoms with Gasteiger partial charge in [-0.25, -0.2) is 4.39 Å². The highest BCUT2D eigenvalue weighted by atomic mass is 19.1. The predicted molar refractivity (Wildman–Crippen MR) is 123 cm³/mol. The van der Waals surface area contributed by atoms with Crippen molar-refractivity contribution in [3.63, 3.8) is 0 Å². The second-order valence-corrected chi connectivity index (χ2v) is 8.06. The molecule has 3 rings (SSSR count). The molecule has 5 nitrogen and oxygen atoms in total. The van der Waals surface area contributed by atoms with Crippen LogP contribution in [-0.4, -0.2) is 41.3 Å². The van der Waals surface area contributed by atoms with Gasteiger partial charge in [-0.15, -0.1) is 0 Å². The van der Waals surface area contributed by atoms with Crippen molar-refractivity contribution in [3.8, 4) is 5.75 Å². The molecule has 2 aromatic carbocycles. The normalized spacial score (nSPS) is 19.9. The summed E-state index contributed by atoms with van der Waals surface area (Å²) in [5, 5.41) is 0. The van der Waals surface area contributed by atoms with Gasteiger partial charge >= 0.3 is 0 Å². The molecule has 1 heterocycles. The van der Waals surface area contributed by atoms with E-state index < -0.39 is 6.04 Å². The minimum atomic E-state index is -0.592. The smallest absolute Gasteiger partial charge is 0.246 e. The third-order valence-electron chi connectivity index (χ3n) is 5.85. The summed E-state index contributed by atoms with van der Waals surface area (Å²) in [5.41, 5.74) is 1.76. The first kappa shape index (κ1) is 23.5. The topological polar surface area (TPSA) is 49.9 Å². The summed E-state index contributed by atoms with van der Waals surface area (Å²) in [5.74, 6) is 0.271. The van der Waals surface area contributed by atoms with Gasteiger partial charge in [0.15, 0.2) is 0 Å². The number of ether oxygens (including phenoxy) is 1. The number of hydrogen-bond donors (Lipinski definition) is 0. The number of benzene rings is 2. The molecule has 2 aromatic rings. The van der Waals surface area contributed by atoms with Gasteiger partial charge in [0.1, 0.15) is 17.6 Å². The molecule has 1 aliphatic rings. The van der Waals surface area contributed by atoms with Crippen molar-refractivity contribution >= 4 is 11.8 Å². The van der Waals surface area contributed by atoms with Crippen LogP contribution in [0.25, 0.3) is 0 Å². The van der Waals surface area contributed by atoms with E-state index in [2.05, 4.69) is 0 Å². The highest BCUT2D eigenvalue weighted by Crippen LogP contribution is 2.29. The van der Waals surface area contributed by atoms with Crippen molar-refractivity contribution in [2.45, 2.75) is 51.7 Å². The fraction of sp³-hybridized carbons (Fsp3) is 0.385. The predicted octanol–water partition coefficient (Wildman–Crippen LogP) is 4.88. The summed E-state index contributed by atoms with van der Waals surface area (Å²) in [6.45, 7) is 4.53. The van der Waals surface area contributed by atoms with Crippen LogP contribution in [0.2, 0.25) is 0 Å². The van der Waals surface area contributed by atoms with Crippen molar-refractivity contribution < 1.29 is 18.7 Å². The van der Waals surface area contributed by atoms with Gasteiger partial charge in [0, 0.05) is 19.5 Å². The maximum atomic E-state index is 13.7. The first-order chi connectivity index (χ1) is 15.4. The molecule has 2 atom stereocenters. The Balaban J connectivity index is 1.96. The van der Waals surface area contributed by atoms with Gasteiger partial charge in [0.25, 0.3) is 0 Å². The first-order valence-electron chi connectivity index (χ1n) is 11.1. The van der Waals surface area contributed by atoms with E-state index in [1.54, 1.807) is 36.0 Å². The average molecular weight is 439 g/mol. The number of carbonyl (C=O) groups excluding carboxylic acids is 2. The van der Waals surface area contributed by atoms with Gasteiger partial charge in [-0.2, -0.15) is 0 Å². The number of nitrogens with zero attached hydrogens (tertiary/aromatic N) is 2. The Morgan fingerprint density at radius 3 is 2.44 bits per heavy atom. The molecule has 0 saturated carbocycles. The Labute approximate surface area is 189 Å². The molecule has 1 aliphatic heterocycles. The molecule has 0 N–H and O–H groups in total. The molecule has 0 radical (unpaired) electrons. The van der Waals surface area contributed by atoms with Crippen molar-refractivity contribution in [2.24, 2.45) is 0 Å². The number of hydrogen-bond acceptors (Lipinski definition) is 3. The molecule has 170 valence electrons. The van der Waals surface area contributed by atoms with Crippen LogP contribution in [-0.2, 0) is 16.1 Å². The highest BCUT2D eigenvalue weighted by molar-refractivity contribution is 5.88. The standard InChI is InChI=1S/C26H31FN2O3/c1-4-5-8-25(30)28-17-6-7-24(21-11-15-23(32-3)16-12-21)29(26(31)19(28)2)18-20-9-13-22(27)14-10-20/h6-7,9-16,19,24H,4-5,8,17-18H2,1-3H3/b7-6-. The molecule has 6 heteroatoms. The van der Waals surface area contributed by atoms with Crippen LogP contribution in [0.5, 0.6) is 5.75 Å². The van der Waals surface area contributed by atoms with E-state index in [-0.39, 0.29) is 23.7 Å². The molecular weight excluding hydrogens is 407 g/mol. The van der Waals surface area contributed by atoms with Gasteiger partial charge < -0.3 is 14.5 Å². The molecule has 0 fully saturated rings. The van der Waals surface area contributed by atoms with Crippen LogP contribution in [0.3, 0.4) is 0 Å². The SMILES string of the molecule is CCCCC(=O)N1C/C=C\C(c2ccc(OC)cc2)N(Cc2ccc(F)cc2)C(=O)C1C. The minimum absolute atomic E-state index is 0.0121. The number of unbranched alkanes of at least 4 members (excludes halogenated alkanes) is 1. The van der Waals surface area contributed by atoms with Crippen molar-refractivity contribution in [1.29, 1.82) is 0 Å². The van der Waals surface area contributed by atoms with Crippen molar-refractivity contribution in [3.05, 3.63) is 77.6 Å². The number of carbonyl (C=O) groups is 2. The lowest BCUT2D eigenvalue weighted by atomic mass is 10.00. The van der Waals surface area contributed by atoms with E-state index in [4.69, 9.17) is 4.74 Å². The Morgan fingerprint density at radius 2 is 1.81 bits per heavy atom. The lowest BCUT2D eigenvalue weighted by molar-refractivity contribution is -0.146. The maximum absolute atomic E-state index is 13.7. The zero-order valence-corrected chi connectivity index (χ0v) is 19.0. The van der Waals surface area contributed by atoms with E-state index in [9.17, 15) is 14.0 Å². The summed E-state index contributed by atoms with van der Waals surface area (Å²) >= 11 is 0. The average Bonchev–Trinajstić information content (AvgIpc) is 2.81. The minimum Gasteiger partial charge on any atom is -0.497 e. The van der Waals surface area contributed by atoms with E-state index in [1.165, 1.54) is 12.1 Å². The Morgan fingerprint density at radius 1 is 1.12 bits per heavy atom. The van der Waals surface area contributed by atoms with E-state index >= 15 is 0 Å². The molecule has 0 saturated heterocycles. The highest BCUT2D eigenvalue weighted by Gasteiger charge is 2.33. The van der Waals surface area contributed by atoms with Crippen molar-refractivity contribution in [1.82, 2.24) is 9.80 Å². The van der Waals surface area contributed by atoms with Gasteiger partial charge in [0.05, 0.1) is 13.2 Å². The summed E-state index contributed by atoms with van der Waals surface area (Å²) < 4.78 is 18.7. The lowest BCUT2D eigenvalue weighted by Crippen LogP contribution is -2.51. The zero-order valence-electron chi connectivity index (χ0n) is 19.0. The molecule has 2 unspecified atom stereocenters. The third-order valence-corrected chi connectivity index (χ3v) is 5.85. The second-order valence-electron chi connectivity index (χ2n) is 8.06. The summed E-state index contributed by atoms with van der Waals surface area (Å²) in [4.78, 5) is 29.8. The molecule has 0 aromatic heterocycles. The monoisotopic (exact) mass is 438 g/mol. The Kier molecular flexibility index (Phi) is 8.03. The van der Waals surface area contributed by atoms with E-state index in [0.29, 0.717) is 19.5 Å². The van der Waals surface area contributed by atoms with Gasteiger partial charge in [-0.05, 0) is 48.7 Å². The van der Waals surface area contributed by atoms with Gasteiger partial charge in [-0.3, -0.25) is 9.59 Å². The largest absolute Gasteiger partial charge is 0.497 e. The van der Waals surface area contributed by atoms with E-state index in [1.807, 2.05) is 43.3 Å². The summed E-state index contributed by atoms with van der Waals surface area (Å²) in [6.07, 6.45) is 6.08. The number of halogens is 1.